The van der Waals surface area contributed by atoms with E-state index in [-0.39, 0.29) is 12.3 Å². The number of rotatable bonds is 9. The molecule has 0 unspecified atom stereocenters. The molecule has 0 radical (unpaired) electrons. The summed E-state index contributed by atoms with van der Waals surface area (Å²) in [7, 11) is 0. The fraction of sp³-hybridized carbons (Fsp3) is 0.857. The summed E-state index contributed by atoms with van der Waals surface area (Å²) in [5.41, 5.74) is 0.341. The molecule has 0 saturated heterocycles. The second-order valence-electron chi connectivity index (χ2n) is 5.97. The van der Waals surface area contributed by atoms with Gasteiger partial charge in [-0.25, -0.2) is 0 Å². The van der Waals surface area contributed by atoms with Crippen LogP contribution in [0.1, 0.15) is 65.7 Å². The molecule has 1 amide bonds. The number of carboxylic acids is 1. The van der Waals surface area contributed by atoms with Crippen molar-refractivity contribution in [2.24, 2.45) is 5.41 Å². The SMILES string of the molecule is CC(C)(C)CCCCC(=O)NCCCCC(=O)O. The summed E-state index contributed by atoms with van der Waals surface area (Å²) in [6, 6.07) is 0. The minimum atomic E-state index is -0.775. The summed E-state index contributed by atoms with van der Waals surface area (Å²) < 4.78 is 0. The molecule has 0 aromatic heterocycles. The first kappa shape index (κ1) is 16.9. The molecule has 0 rings (SSSR count). The predicted octanol–water partition coefficient (Wildman–Crippen LogP) is 2.96. The molecule has 0 aliphatic rings. The average molecular weight is 257 g/mol. The Bertz CT molecular complexity index is 256. The molecule has 0 aromatic rings. The highest BCUT2D eigenvalue weighted by Gasteiger charge is 2.09. The molecule has 2 N–H and O–H groups in total. The van der Waals surface area contributed by atoms with Crippen molar-refractivity contribution in [2.75, 3.05) is 6.54 Å². The smallest absolute Gasteiger partial charge is 0.303 e. The predicted molar refractivity (Wildman–Crippen MR) is 72.4 cm³/mol. The Morgan fingerprint density at radius 1 is 1.00 bits per heavy atom. The number of aliphatic carboxylic acids is 1. The molecule has 0 saturated carbocycles. The Morgan fingerprint density at radius 2 is 1.61 bits per heavy atom. The van der Waals surface area contributed by atoms with Crippen LogP contribution in [0.25, 0.3) is 0 Å². The van der Waals surface area contributed by atoms with Gasteiger partial charge in [-0.05, 0) is 31.1 Å². The third kappa shape index (κ3) is 13.0. The zero-order valence-corrected chi connectivity index (χ0v) is 11.9. The molecule has 0 heterocycles. The van der Waals surface area contributed by atoms with E-state index in [2.05, 4.69) is 26.1 Å². The lowest BCUT2D eigenvalue weighted by molar-refractivity contribution is -0.137. The lowest BCUT2D eigenvalue weighted by Crippen LogP contribution is -2.24. The molecular weight excluding hydrogens is 230 g/mol. The topological polar surface area (TPSA) is 66.4 Å². The van der Waals surface area contributed by atoms with Crippen molar-refractivity contribution < 1.29 is 14.7 Å². The maximum absolute atomic E-state index is 11.4. The van der Waals surface area contributed by atoms with Crippen LogP contribution in [0.5, 0.6) is 0 Å². The number of hydrogen-bond donors (Lipinski definition) is 2. The second-order valence-corrected chi connectivity index (χ2v) is 5.97. The monoisotopic (exact) mass is 257 g/mol. The molecule has 0 spiro atoms. The Balaban J connectivity index is 3.35. The molecule has 106 valence electrons. The number of amides is 1. The second kappa shape index (κ2) is 8.95. The molecule has 0 bridgehead atoms. The minimum absolute atomic E-state index is 0.0826. The fourth-order valence-corrected chi connectivity index (χ4v) is 1.66. The number of carbonyl (C=O) groups excluding carboxylic acids is 1. The average Bonchev–Trinajstić information content (AvgIpc) is 2.22. The largest absolute Gasteiger partial charge is 0.481 e. The summed E-state index contributed by atoms with van der Waals surface area (Å²) in [6.45, 7) is 7.20. The third-order valence-electron chi connectivity index (χ3n) is 2.72. The van der Waals surface area contributed by atoms with Crippen molar-refractivity contribution in [2.45, 2.75) is 65.7 Å². The number of nitrogens with one attached hydrogen (secondary N) is 1. The molecule has 0 aliphatic carbocycles. The Hall–Kier alpha value is -1.06. The van der Waals surface area contributed by atoms with E-state index in [1.807, 2.05) is 0 Å². The molecule has 18 heavy (non-hydrogen) atoms. The summed E-state index contributed by atoms with van der Waals surface area (Å²) >= 11 is 0. The van der Waals surface area contributed by atoms with Crippen LogP contribution >= 0.6 is 0 Å². The Morgan fingerprint density at radius 3 is 2.17 bits per heavy atom. The van der Waals surface area contributed by atoms with Gasteiger partial charge in [0.1, 0.15) is 0 Å². The van der Waals surface area contributed by atoms with Gasteiger partial charge in [-0.2, -0.15) is 0 Å². The van der Waals surface area contributed by atoms with Crippen LogP contribution in [0.3, 0.4) is 0 Å². The highest BCUT2D eigenvalue weighted by molar-refractivity contribution is 5.75. The lowest BCUT2D eigenvalue weighted by atomic mass is 9.89. The normalized spacial score (nSPS) is 11.3. The number of carboxylic acid groups (broad SMARTS) is 1. The van der Waals surface area contributed by atoms with Gasteiger partial charge in [0, 0.05) is 19.4 Å². The summed E-state index contributed by atoms with van der Waals surface area (Å²) in [6.07, 6.45) is 5.27. The maximum Gasteiger partial charge on any atom is 0.303 e. The quantitative estimate of drug-likeness (QED) is 0.624. The first-order valence-electron chi connectivity index (χ1n) is 6.80. The van der Waals surface area contributed by atoms with Crippen molar-refractivity contribution in [3.8, 4) is 0 Å². The summed E-state index contributed by atoms with van der Waals surface area (Å²) in [5.74, 6) is -0.692. The zero-order valence-electron chi connectivity index (χ0n) is 11.9. The summed E-state index contributed by atoms with van der Waals surface area (Å²) in [4.78, 5) is 21.7. The zero-order chi connectivity index (χ0) is 14.0. The van der Waals surface area contributed by atoms with Crippen LogP contribution in [0.4, 0.5) is 0 Å². The van der Waals surface area contributed by atoms with Gasteiger partial charge < -0.3 is 10.4 Å². The minimum Gasteiger partial charge on any atom is -0.481 e. The van der Waals surface area contributed by atoms with Crippen LogP contribution in [-0.2, 0) is 9.59 Å². The van der Waals surface area contributed by atoms with Gasteiger partial charge in [-0.1, -0.05) is 27.2 Å². The van der Waals surface area contributed by atoms with E-state index < -0.39 is 5.97 Å². The van der Waals surface area contributed by atoms with E-state index in [4.69, 9.17) is 5.11 Å². The highest BCUT2D eigenvalue weighted by Crippen LogP contribution is 2.21. The summed E-state index contributed by atoms with van der Waals surface area (Å²) in [5, 5.41) is 11.3. The van der Waals surface area contributed by atoms with Crippen LogP contribution in [-0.4, -0.2) is 23.5 Å². The maximum atomic E-state index is 11.4. The highest BCUT2D eigenvalue weighted by atomic mass is 16.4. The van der Waals surface area contributed by atoms with Crippen molar-refractivity contribution >= 4 is 11.9 Å². The van der Waals surface area contributed by atoms with Gasteiger partial charge in [0.15, 0.2) is 0 Å². The van der Waals surface area contributed by atoms with Crippen molar-refractivity contribution in [1.29, 1.82) is 0 Å². The van der Waals surface area contributed by atoms with E-state index in [0.717, 1.165) is 25.7 Å². The Labute approximate surface area is 110 Å². The van der Waals surface area contributed by atoms with Crippen molar-refractivity contribution in [3.05, 3.63) is 0 Å². The number of carbonyl (C=O) groups is 2. The van der Waals surface area contributed by atoms with Gasteiger partial charge in [-0.3, -0.25) is 9.59 Å². The number of unbranched alkanes of at least 4 members (excludes halogenated alkanes) is 2. The molecule has 0 fully saturated rings. The first-order chi connectivity index (χ1) is 8.31. The first-order valence-corrected chi connectivity index (χ1v) is 6.80. The molecule has 0 aliphatic heterocycles. The number of hydrogen-bond acceptors (Lipinski definition) is 2. The van der Waals surface area contributed by atoms with Crippen LogP contribution in [0, 0.1) is 5.41 Å². The van der Waals surface area contributed by atoms with Gasteiger partial charge in [-0.15, -0.1) is 0 Å². The molecule has 4 heteroatoms. The van der Waals surface area contributed by atoms with Crippen molar-refractivity contribution in [3.63, 3.8) is 0 Å². The molecule has 0 atom stereocenters. The lowest BCUT2D eigenvalue weighted by Gasteiger charge is -2.17. The Kier molecular flexibility index (Phi) is 8.42. The van der Waals surface area contributed by atoms with E-state index in [0.29, 0.717) is 24.8 Å². The third-order valence-corrected chi connectivity index (χ3v) is 2.72. The molecular formula is C14H27NO3. The van der Waals surface area contributed by atoms with Crippen LogP contribution in [0.15, 0.2) is 0 Å². The van der Waals surface area contributed by atoms with Gasteiger partial charge in [0.2, 0.25) is 5.91 Å². The standard InChI is InChI=1S/C14H27NO3/c1-14(2,3)10-6-4-8-12(16)15-11-7-5-9-13(17)18/h4-11H2,1-3H3,(H,15,16)(H,17,18). The van der Waals surface area contributed by atoms with Crippen molar-refractivity contribution in [1.82, 2.24) is 5.32 Å². The molecule has 0 aromatic carbocycles. The van der Waals surface area contributed by atoms with E-state index in [9.17, 15) is 9.59 Å². The van der Waals surface area contributed by atoms with Crippen LogP contribution < -0.4 is 5.32 Å². The van der Waals surface area contributed by atoms with Crippen LogP contribution in [0.2, 0.25) is 0 Å². The van der Waals surface area contributed by atoms with E-state index >= 15 is 0 Å². The van der Waals surface area contributed by atoms with Gasteiger partial charge in [0.05, 0.1) is 0 Å². The molecule has 4 nitrogen and oxygen atoms in total. The van der Waals surface area contributed by atoms with Gasteiger partial charge in [0.25, 0.3) is 0 Å². The fourth-order valence-electron chi connectivity index (χ4n) is 1.66. The van der Waals surface area contributed by atoms with Gasteiger partial charge >= 0.3 is 5.97 Å². The van der Waals surface area contributed by atoms with E-state index in [1.165, 1.54) is 0 Å². The van der Waals surface area contributed by atoms with E-state index in [1.54, 1.807) is 0 Å².